The summed E-state index contributed by atoms with van der Waals surface area (Å²) in [6, 6.07) is 11.5. The predicted molar refractivity (Wildman–Crippen MR) is 107 cm³/mol. The maximum Gasteiger partial charge on any atom is 0.234 e. The second-order valence-corrected chi connectivity index (χ2v) is 7.67. The standard InChI is InChI=1S/C21H23N3O2S/c1-3-26-18-6-4-5-17(11-18)23-20(25)13-27-21-16(12-22)10-15-9-14(2)7-8-19(15)24-21/h4-6,10-11,14H,3,7-9,13H2,1-2H3,(H,23,25). The first-order valence-electron chi connectivity index (χ1n) is 9.17. The van der Waals surface area contributed by atoms with Crippen LogP contribution in [0.1, 0.15) is 37.1 Å². The number of pyridine rings is 1. The number of nitrogens with zero attached hydrogens (tertiary/aromatic N) is 2. The Morgan fingerprint density at radius 3 is 3.07 bits per heavy atom. The van der Waals surface area contributed by atoms with E-state index in [9.17, 15) is 10.1 Å². The zero-order valence-electron chi connectivity index (χ0n) is 15.6. The van der Waals surface area contributed by atoms with Crippen LogP contribution in [0, 0.1) is 17.2 Å². The molecule has 0 aliphatic heterocycles. The molecule has 1 aromatic carbocycles. The molecule has 3 rings (SSSR count). The van der Waals surface area contributed by atoms with Gasteiger partial charge >= 0.3 is 0 Å². The van der Waals surface area contributed by atoms with Crippen LogP contribution >= 0.6 is 11.8 Å². The zero-order valence-corrected chi connectivity index (χ0v) is 16.4. The molecule has 1 N–H and O–H groups in total. The van der Waals surface area contributed by atoms with Crippen molar-refractivity contribution < 1.29 is 9.53 Å². The third-order valence-electron chi connectivity index (χ3n) is 4.49. The Morgan fingerprint density at radius 2 is 2.30 bits per heavy atom. The molecule has 0 saturated heterocycles. The maximum atomic E-state index is 12.3. The molecule has 1 heterocycles. The van der Waals surface area contributed by atoms with E-state index in [4.69, 9.17) is 4.74 Å². The fourth-order valence-electron chi connectivity index (χ4n) is 3.18. The van der Waals surface area contributed by atoms with Crippen molar-refractivity contribution >= 4 is 23.4 Å². The van der Waals surface area contributed by atoms with E-state index in [-0.39, 0.29) is 11.7 Å². The van der Waals surface area contributed by atoms with Gasteiger partial charge < -0.3 is 10.1 Å². The third kappa shape index (κ3) is 5.01. The number of ether oxygens (including phenoxy) is 1. The third-order valence-corrected chi connectivity index (χ3v) is 5.48. The van der Waals surface area contributed by atoms with Crippen LogP contribution in [0.2, 0.25) is 0 Å². The van der Waals surface area contributed by atoms with Crippen LogP contribution in [0.4, 0.5) is 5.69 Å². The van der Waals surface area contributed by atoms with Crippen LogP contribution in [0.3, 0.4) is 0 Å². The van der Waals surface area contributed by atoms with Crippen LogP contribution in [-0.2, 0) is 17.6 Å². The van der Waals surface area contributed by atoms with Gasteiger partial charge in [-0.15, -0.1) is 0 Å². The first-order valence-corrected chi connectivity index (χ1v) is 10.2. The Balaban J connectivity index is 1.65. The van der Waals surface area contributed by atoms with E-state index >= 15 is 0 Å². The van der Waals surface area contributed by atoms with Gasteiger partial charge in [0.15, 0.2) is 0 Å². The number of rotatable bonds is 6. The lowest BCUT2D eigenvalue weighted by atomic mass is 9.87. The predicted octanol–water partition coefficient (Wildman–Crippen LogP) is 4.21. The monoisotopic (exact) mass is 381 g/mol. The summed E-state index contributed by atoms with van der Waals surface area (Å²) in [4.78, 5) is 17.0. The van der Waals surface area contributed by atoms with E-state index in [0.717, 1.165) is 30.7 Å². The maximum absolute atomic E-state index is 12.3. The van der Waals surface area contributed by atoms with E-state index < -0.39 is 0 Å². The van der Waals surface area contributed by atoms with E-state index in [1.165, 1.54) is 17.3 Å². The fraction of sp³-hybridized carbons (Fsp3) is 0.381. The van der Waals surface area contributed by atoms with Gasteiger partial charge in [0.05, 0.1) is 17.9 Å². The zero-order chi connectivity index (χ0) is 19.2. The highest BCUT2D eigenvalue weighted by molar-refractivity contribution is 8.00. The molecule has 1 aromatic heterocycles. The van der Waals surface area contributed by atoms with E-state index in [2.05, 4.69) is 23.3 Å². The largest absolute Gasteiger partial charge is 0.494 e. The van der Waals surface area contributed by atoms with Gasteiger partial charge in [0.1, 0.15) is 16.8 Å². The minimum atomic E-state index is -0.134. The molecular formula is C21H23N3O2S. The number of fused-ring (bicyclic) bond motifs is 1. The van der Waals surface area contributed by atoms with Gasteiger partial charge in [-0.25, -0.2) is 4.98 Å². The first kappa shape index (κ1) is 19.2. The minimum Gasteiger partial charge on any atom is -0.494 e. The minimum absolute atomic E-state index is 0.134. The number of nitrogens with one attached hydrogen (secondary N) is 1. The van der Waals surface area contributed by atoms with Crippen LogP contribution < -0.4 is 10.1 Å². The average molecular weight is 382 g/mol. The fourth-order valence-corrected chi connectivity index (χ4v) is 3.95. The van der Waals surface area contributed by atoms with Crippen molar-refractivity contribution in [1.29, 1.82) is 5.26 Å². The van der Waals surface area contributed by atoms with Gasteiger partial charge in [-0.05, 0) is 55.9 Å². The Morgan fingerprint density at radius 1 is 1.44 bits per heavy atom. The van der Waals surface area contributed by atoms with E-state index in [0.29, 0.717) is 28.8 Å². The van der Waals surface area contributed by atoms with Crippen molar-refractivity contribution in [3.8, 4) is 11.8 Å². The molecule has 0 saturated carbocycles. The smallest absolute Gasteiger partial charge is 0.234 e. The van der Waals surface area contributed by atoms with Crippen molar-refractivity contribution in [1.82, 2.24) is 4.98 Å². The molecule has 1 aliphatic carbocycles. The highest BCUT2D eigenvalue weighted by atomic mass is 32.2. The van der Waals surface area contributed by atoms with Crippen LogP contribution in [0.5, 0.6) is 5.75 Å². The second kappa shape index (κ2) is 8.92. The Bertz CT molecular complexity index is 876. The number of aromatic nitrogens is 1. The van der Waals surface area contributed by atoms with Gasteiger partial charge in [0.2, 0.25) is 5.91 Å². The topological polar surface area (TPSA) is 75.0 Å². The number of hydrogen-bond donors (Lipinski definition) is 1. The quantitative estimate of drug-likeness (QED) is 0.759. The summed E-state index contributed by atoms with van der Waals surface area (Å²) < 4.78 is 5.45. The molecule has 0 fully saturated rings. The average Bonchev–Trinajstić information content (AvgIpc) is 2.66. The van der Waals surface area contributed by atoms with Gasteiger partial charge in [0.25, 0.3) is 0 Å². The molecular weight excluding hydrogens is 358 g/mol. The molecule has 1 unspecified atom stereocenters. The highest BCUT2D eigenvalue weighted by Gasteiger charge is 2.19. The van der Waals surface area contributed by atoms with Gasteiger partial charge in [-0.1, -0.05) is 24.8 Å². The molecule has 27 heavy (non-hydrogen) atoms. The van der Waals surface area contributed by atoms with Crippen molar-refractivity contribution in [2.75, 3.05) is 17.7 Å². The number of carbonyl (C=O) groups excluding carboxylic acids is 1. The van der Waals surface area contributed by atoms with E-state index in [1.54, 1.807) is 6.07 Å². The number of hydrogen-bond acceptors (Lipinski definition) is 5. The van der Waals surface area contributed by atoms with E-state index in [1.807, 2.05) is 31.2 Å². The van der Waals surface area contributed by atoms with Crippen LogP contribution in [0.25, 0.3) is 0 Å². The summed E-state index contributed by atoms with van der Waals surface area (Å²) in [5.41, 5.74) is 3.49. The number of nitriles is 1. The molecule has 1 atom stereocenters. The number of carbonyl (C=O) groups is 1. The lowest BCUT2D eigenvalue weighted by molar-refractivity contribution is -0.113. The number of amides is 1. The number of aryl methyl sites for hydroxylation is 1. The summed E-state index contributed by atoms with van der Waals surface area (Å²) >= 11 is 1.31. The Labute approximate surface area is 164 Å². The Hall–Kier alpha value is -2.52. The normalized spacial score (nSPS) is 15.5. The second-order valence-electron chi connectivity index (χ2n) is 6.70. The molecule has 0 radical (unpaired) electrons. The van der Waals surface area contributed by atoms with Crippen molar-refractivity contribution in [3.63, 3.8) is 0 Å². The SMILES string of the molecule is CCOc1cccc(NC(=O)CSc2nc3c(cc2C#N)CC(C)CC3)c1. The Kier molecular flexibility index (Phi) is 6.36. The first-order chi connectivity index (χ1) is 13.1. The van der Waals surface area contributed by atoms with Crippen molar-refractivity contribution in [2.24, 2.45) is 5.92 Å². The number of thioether (sulfide) groups is 1. The van der Waals surface area contributed by atoms with Crippen LogP contribution in [0.15, 0.2) is 35.4 Å². The summed E-state index contributed by atoms with van der Waals surface area (Å²) in [5.74, 6) is 1.42. The molecule has 140 valence electrons. The lowest BCUT2D eigenvalue weighted by Gasteiger charge is -2.21. The van der Waals surface area contributed by atoms with Gasteiger partial charge in [0, 0.05) is 17.4 Å². The molecule has 1 aliphatic rings. The summed E-state index contributed by atoms with van der Waals surface area (Å²) in [5, 5.41) is 13.0. The number of anilines is 1. The van der Waals surface area contributed by atoms with Crippen molar-refractivity contribution in [3.05, 3.63) is 47.2 Å². The number of benzene rings is 1. The molecule has 0 spiro atoms. The summed E-state index contributed by atoms with van der Waals surface area (Å²) in [6.07, 6.45) is 3.03. The van der Waals surface area contributed by atoms with Gasteiger partial charge in [-0.3, -0.25) is 4.79 Å². The molecule has 5 nitrogen and oxygen atoms in total. The van der Waals surface area contributed by atoms with Crippen LogP contribution in [-0.4, -0.2) is 23.3 Å². The van der Waals surface area contributed by atoms with Gasteiger partial charge in [-0.2, -0.15) is 5.26 Å². The molecule has 6 heteroatoms. The lowest BCUT2D eigenvalue weighted by Crippen LogP contribution is -2.16. The molecule has 0 bridgehead atoms. The molecule has 1 amide bonds. The molecule has 2 aromatic rings. The highest BCUT2D eigenvalue weighted by Crippen LogP contribution is 2.29. The summed E-state index contributed by atoms with van der Waals surface area (Å²) in [7, 11) is 0. The van der Waals surface area contributed by atoms with Crippen molar-refractivity contribution in [2.45, 2.75) is 38.1 Å². The summed E-state index contributed by atoms with van der Waals surface area (Å²) in [6.45, 7) is 4.72.